The highest BCUT2D eigenvalue weighted by Crippen LogP contribution is 2.27. The van der Waals surface area contributed by atoms with Crippen molar-refractivity contribution in [1.29, 1.82) is 5.41 Å². The van der Waals surface area contributed by atoms with Gasteiger partial charge < -0.3 is 20.1 Å². The molecule has 2 heterocycles. The summed E-state index contributed by atoms with van der Waals surface area (Å²) >= 11 is 0. The summed E-state index contributed by atoms with van der Waals surface area (Å²) in [6.07, 6.45) is 1.62. The smallest absolute Gasteiger partial charge is 0.414 e. The Morgan fingerprint density at radius 3 is 2.96 bits per heavy atom. The average molecular weight is 391 g/mol. The molecule has 11 nitrogen and oxygen atoms in total. The first-order valence-corrected chi connectivity index (χ1v) is 8.33. The number of nitrogens with zero attached hydrogens (tertiary/aromatic N) is 5. The van der Waals surface area contributed by atoms with E-state index in [2.05, 4.69) is 15.6 Å². The third-order valence-electron chi connectivity index (χ3n) is 4.08. The van der Waals surface area contributed by atoms with Gasteiger partial charge >= 0.3 is 6.09 Å². The number of carbonyl (C=O) groups excluding carboxylic acids is 2. The molecule has 1 aromatic heterocycles. The van der Waals surface area contributed by atoms with Gasteiger partial charge in [-0.2, -0.15) is 0 Å². The number of ether oxygens (including phenoxy) is 1. The molecule has 2 aromatic rings. The van der Waals surface area contributed by atoms with Crippen LogP contribution in [0.3, 0.4) is 0 Å². The van der Waals surface area contributed by atoms with Crippen LogP contribution in [0.1, 0.15) is 0 Å². The minimum Gasteiger partial charge on any atom is -0.491 e. The van der Waals surface area contributed by atoms with E-state index in [4.69, 9.17) is 10.1 Å². The van der Waals surface area contributed by atoms with Gasteiger partial charge in [-0.15, -0.1) is 0 Å². The molecule has 148 valence electrons. The van der Waals surface area contributed by atoms with Crippen LogP contribution in [-0.4, -0.2) is 64.7 Å². The zero-order chi connectivity index (χ0) is 20.1. The maximum Gasteiger partial charge on any atom is 0.414 e. The maximum atomic E-state index is 14.6. The summed E-state index contributed by atoms with van der Waals surface area (Å²) < 4.78 is 21.2. The molecule has 0 radical (unpaired) electrons. The van der Waals surface area contributed by atoms with E-state index in [1.807, 2.05) is 0 Å². The Kier molecular flexibility index (Phi) is 5.67. The van der Waals surface area contributed by atoms with E-state index in [1.165, 1.54) is 32.8 Å². The third-order valence-corrected chi connectivity index (χ3v) is 4.08. The highest BCUT2D eigenvalue weighted by Gasteiger charge is 2.33. The van der Waals surface area contributed by atoms with Gasteiger partial charge in [-0.25, -0.2) is 13.9 Å². The van der Waals surface area contributed by atoms with Crippen LogP contribution in [0.5, 0.6) is 5.88 Å². The lowest BCUT2D eigenvalue weighted by molar-refractivity contribution is -0.109. The highest BCUT2D eigenvalue weighted by molar-refractivity contribution is 5.90. The van der Waals surface area contributed by atoms with Crippen LogP contribution < -0.4 is 15.1 Å². The first-order valence-electron chi connectivity index (χ1n) is 8.33. The molecule has 0 bridgehead atoms. The maximum absolute atomic E-state index is 14.6. The second-order valence-corrected chi connectivity index (χ2v) is 5.95. The molecule has 1 saturated heterocycles. The van der Waals surface area contributed by atoms with Crippen molar-refractivity contribution in [3.63, 3.8) is 0 Å². The number of cyclic esters (lactones) is 1. The Labute approximate surface area is 158 Å². The van der Waals surface area contributed by atoms with Crippen LogP contribution in [0.25, 0.3) is 0 Å². The summed E-state index contributed by atoms with van der Waals surface area (Å²) in [6, 6.07) is 4.18. The molecule has 1 atom stereocenters. The second kappa shape index (κ2) is 8.33. The van der Waals surface area contributed by atoms with E-state index in [0.29, 0.717) is 12.1 Å². The number of aromatic nitrogens is 3. The van der Waals surface area contributed by atoms with Gasteiger partial charge in [0.15, 0.2) is 0 Å². The van der Waals surface area contributed by atoms with Gasteiger partial charge in [-0.3, -0.25) is 15.1 Å². The molecule has 1 fully saturated rings. The van der Waals surface area contributed by atoms with Crippen LogP contribution in [-0.2, 0) is 16.1 Å². The van der Waals surface area contributed by atoms with Crippen molar-refractivity contribution >= 4 is 30.2 Å². The monoisotopic (exact) mass is 391 g/mol. The summed E-state index contributed by atoms with van der Waals surface area (Å²) in [5.41, 5.74) is 0.458. The van der Waals surface area contributed by atoms with E-state index in [0.717, 1.165) is 6.34 Å². The van der Waals surface area contributed by atoms with Crippen LogP contribution in [0.15, 0.2) is 24.4 Å². The first-order chi connectivity index (χ1) is 13.5. The first kappa shape index (κ1) is 19.1. The van der Waals surface area contributed by atoms with Crippen molar-refractivity contribution in [2.75, 3.05) is 29.4 Å². The molecule has 28 heavy (non-hydrogen) atoms. The van der Waals surface area contributed by atoms with Crippen molar-refractivity contribution < 1.29 is 23.8 Å². The van der Waals surface area contributed by atoms with Gasteiger partial charge in [0, 0.05) is 13.1 Å². The highest BCUT2D eigenvalue weighted by atomic mass is 19.1. The van der Waals surface area contributed by atoms with Gasteiger partial charge in [0.05, 0.1) is 37.0 Å². The van der Waals surface area contributed by atoms with Crippen LogP contribution in [0, 0.1) is 11.2 Å². The number of nitrogens with one attached hydrogen (secondary N) is 2. The topological polar surface area (TPSA) is 137 Å². The molecule has 1 aliphatic rings. The van der Waals surface area contributed by atoms with Crippen molar-refractivity contribution in [3.8, 4) is 5.88 Å². The zero-order valence-electron chi connectivity index (χ0n) is 14.7. The second-order valence-electron chi connectivity index (χ2n) is 5.95. The van der Waals surface area contributed by atoms with Gasteiger partial charge in [0.25, 0.3) is 5.88 Å². The number of anilines is 2. The molecule has 1 aromatic carbocycles. The van der Waals surface area contributed by atoms with Crippen LogP contribution in [0.4, 0.5) is 20.6 Å². The Bertz CT molecular complexity index is 874. The zero-order valence-corrected chi connectivity index (χ0v) is 14.7. The molecule has 1 aliphatic heterocycles. The summed E-state index contributed by atoms with van der Waals surface area (Å²) in [4.78, 5) is 25.1. The molecule has 0 unspecified atom stereocenters. The lowest BCUT2D eigenvalue weighted by atomic mass is 10.2. The fraction of sp³-hybridized carbons (Fsp3) is 0.312. The molecule has 0 aliphatic carbocycles. The van der Waals surface area contributed by atoms with Gasteiger partial charge in [-0.05, 0) is 18.2 Å². The lowest BCUT2D eigenvalue weighted by Crippen LogP contribution is -2.31. The van der Waals surface area contributed by atoms with Crippen LogP contribution in [0.2, 0.25) is 0 Å². The molecule has 12 heteroatoms. The largest absolute Gasteiger partial charge is 0.491 e. The van der Waals surface area contributed by atoms with E-state index < -0.39 is 18.0 Å². The molecular weight excluding hydrogens is 373 g/mol. The Balaban J connectivity index is 1.69. The predicted molar refractivity (Wildman–Crippen MR) is 95.9 cm³/mol. The molecule has 2 amide bonds. The van der Waals surface area contributed by atoms with Gasteiger partial charge in [0.1, 0.15) is 11.9 Å². The number of aromatic hydroxyl groups is 1. The minimum absolute atomic E-state index is 0.147. The summed E-state index contributed by atoms with van der Waals surface area (Å²) in [5, 5.41) is 26.2. The molecule has 0 spiro atoms. The third kappa shape index (κ3) is 4.16. The number of carbonyl (C=O) groups is 2. The van der Waals surface area contributed by atoms with Gasteiger partial charge in [0.2, 0.25) is 6.41 Å². The van der Waals surface area contributed by atoms with Gasteiger partial charge in [-0.1, -0.05) is 10.3 Å². The van der Waals surface area contributed by atoms with Crippen molar-refractivity contribution in [2.24, 2.45) is 0 Å². The standard InChI is InChI=1S/C16H18FN7O4/c17-13-5-11(1-2-14(13)22(9-18)4-3-19-10-25)24-7-12(28-16(24)27)6-23-8-15(26)20-21-23/h1-2,5,8-10,12,18,26H,3-4,6-7H2,(H,19,25)/t12-/m0/s1. The van der Waals surface area contributed by atoms with E-state index in [1.54, 1.807) is 6.07 Å². The number of amides is 2. The van der Waals surface area contributed by atoms with Crippen LogP contribution >= 0.6 is 0 Å². The number of rotatable bonds is 9. The molecule has 0 saturated carbocycles. The predicted octanol–water partition coefficient (Wildman–Crippen LogP) is 0.308. The summed E-state index contributed by atoms with van der Waals surface area (Å²) in [5.74, 6) is -0.859. The van der Waals surface area contributed by atoms with Crippen molar-refractivity contribution in [3.05, 3.63) is 30.2 Å². The minimum atomic E-state index is -0.624. The van der Waals surface area contributed by atoms with Crippen molar-refractivity contribution in [1.82, 2.24) is 20.3 Å². The Morgan fingerprint density at radius 2 is 2.32 bits per heavy atom. The summed E-state index contributed by atoms with van der Waals surface area (Å²) in [6.45, 7) is 0.840. The Morgan fingerprint density at radius 1 is 1.50 bits per heavy atom. The SMILES string of the molecule is N=CN(CCNC=O)c1ccc(N2C[C@H](Cn3cc(O)nn3)OC2=O)cc1F. The normalized spacial score (nSPS) is 16.0. The lowest BCUT2D eigenvalue weighted by Gasteiger charge is -2.21. The molecule has 3 rings (SSSR count). The van der Waals surface area contributed by atoms with E-state index in [-0.39, 0.29) is 37.7 Å². The molecule has 3 N–H and O–H groups in total. The van der Waals surface area contributed by atoms with Crippen molar-refractivity contribution in [2.45, 2.75) is 12.6 Å². The van der Waals surface area contributed by atoms with E-state index >= 15 is 0 Å². The number of halogens is 1. The number of hydrogen-bond donors (Lipinski definition) is 3. The quantitative estimate of drug-likeness (QED) is 0.242. The number of hydrogen-bond acceptors (Lipinski definition) is 7. The molecular formula is C16H18FN7O4. The van der Waals surface area contributed by atoms with E-state index in [9.17, 15) is 19.1 Å². The summed E-state index contributed by atoms with van der Waals surface area (Å²) in [7, 11) is 0. The fourth-order valence-corrected chi connectivity index (χ4v) is 2.81. The Hall–Kier alpha value is -3.70. The fourth-order valence-electron chi connectivity index (χ4n) is 2.81. The number of benzene rings is 1. The average Bonchev–Trinajstić information content (AvgIpc) is 3.24.